The summed E-state index contributed by atoms with van der Waals surface area (Å²) >= 11 is 0. The third-order valence-electron chi connectivity index (χ3n) is 6.59. The summed E-state index contributed by atoms with van der Waals surface area (Å²) in [6.07, 6.45) is 1.01. The Morgan fingerprint density at radius 2 is 1.74 bits per heavy atom. The minimum Gasteiger partial charge on any atom is -0.352 e. The Labute approximate surface area is 161 Å². The quantitative estimate of drug-likeness (QED) is 0.679. The van der Waals surface area contributed by atoms with Gasteiger partial charge in [-0.1, -0.05) is 50.2 Å². The van der Waals surface area contributed by atoms with E-state index in [0.29, 0.717) is 11.8 Å². The molecule has 140 valence electrons. The molecule has 1 aliphatic carbocycles. The Bertz CT molecular complexity index is 984. The van der Waals surface area contributed by atoms with Gasteiger partial charge in [0.2, 0.25) is 0 Å². The number of hydrogen-bond donors (Lipinski definition) is 1. The van der Waals surface area contributed by atoms with Gasteiger partial charge in [0.05, 0.1) is 0 Å². The molecule has 0 aliphatic heterocycles. The number of nitrogens with one attached hydrogen (secondary N) is 1. The third kappa shape index (κ3) is 2.95. The lowest BCUT2D eigenvalue weighted by molar-refractivity contribution is 0.0952. The second-order valence-corrected chi connectivity index (χ2v) is 8.39. The van der Waals surface area contributed by atoms with E-state index in [1.54, 1.807) is 0 Å². The molecule has 1 heterocycles. The highest BCUT2D eigenvalue weighted by atomic mass is 16.1. The summed E-state index contributed by atoms with van der Waals surface area (Å²) in [6, 6.07) is 18.2. The van der Waals surface area contributed by atoms with E-state index >= 15 is 0 Å². The van der Waals surface area contributed by atoms with Crippen LogP contribution >= 0.6 is 0 Å². The summed E-state index contributed by atoms with van der Waals surface area (Å²) in [5.74, 6) is 1.17. The van der Waals surface area contributed by atoms with Crippen LogP contribution in [0.15, 0.2) is 54.6 Å². The fourth-order valence-electron chi connectivity index (χ4n) is 4.83. The van der Waals surface area contributed by atoms with Crippen LogP contribution in [0.3, 0.4) is 0 Å². The van der Waals surface area contributed by atoms with Crippen LogP contribution in [-0.4, -0.2) is 17.0 Å². The lowest BCUT2D eigenvalue weighted by Crippen LogP contribution is -2.24. The van der Waals surface area contributed by atoms with Gasteiger partial charge in [0.25, 0.3) is 5.91 Å². The fourth-order valence-corrected chi connectivity index (χ4v) is 4.83. The molecular formula is C24H28N2O. The molecule has 1 aliphatic rings. The zero-order valence-electron chi connectivity index (χ0n) is 16.6. The van der Waals surface area contributed by atoms with Gasteiger partial charge in [-0.3, -0.25) is 4.79 Å². The number of nitrogens with zero attached hydrogens (tertiary/aromatic N) is 1. The molecule has 2 aromatic carbocycles. The molecule has 3 nitrogen and oxygen atoms in total. The highest BCUT2D eigenvalue weighted by molar-refractivity contribution is 5.94. The number of carbonyl (C=O) groups excluding carboxylic acids is 1. The van der Waals surface area contributed by atoms with E-state index in [-0.39, 0.29) is 11.3 Å². The van der Waals surface area contributed by atoms with E-state index in [1.165, 1.54) is 22.2 Å². The molecule has 3 heteroatoms. The molecule has 0 saturated heterocycles. The third-order valence-corrected chi connectivity index (χ3v) is 6.59. The molecule has 1 aromatic heterocycles. The van der Waals surface area contributed by atoms with Crippen molar-refractivity contribution in [3.63, 3.8) is 0 Å². The molecule has 4 rings (SSSR count). The lowest BCUT2D eigenvalue weighted by Gasteiger charge is -2.06. The van der Waals surface area contributed by atoms with Crippen LogP contribution in [0.5, 0.6) is 0 Å². The van der Waals surface area contributed by atoms with Crippen LogP contribution in [0.25, 0.3) is 10.9 Å². The molecule has 1 fully saturated rings. The van der Waals surface area contributed by atoms with E-state index in [4.69, 9.17) is 0 Å². The van der Waals surface area contributed by atoms with Gasteiger partial charge in [0.15, 0.2) is 0 Å². The van der Waals surface area contributed by atoms with Crippen molar-refractivity contribution < 1.29 is 4.79 Å². The van der Waals surface area contributed by atoms with Crippen molar-refractivity contribution in [2.75, 3.05) is 6.54 Å². The Morgan fingerprint density at radius 1 is 1.07 bits per heavy atom. The number of amides is 1. The first kappa shape index (κ1) is 17.8. The summed E-state index contributed by atoms with van der Waals surface area (Å²) in [4.78, 5) is 12.3. The second-order valence-electron chi connectivity index (χ2n) is 8.39. The number of aromatic nitrogens is 1. The summed E-state index contributed by atoms with van der Waals surface area (Å²) in [7, 11) is 2.16. The van der Waals surface area contributed by atoms with Gasteiger partial charge in [-0.05, 0) is 54.4 Å². The second kappa shape index (κ2) is 6.56. The monoisotopic (exact) mass is 360 g/mol. The summed E-state index contributed by atoms with van der Waals surface area (Å²) in [5, 5.41) is 4.47. The first-order valence-corrected chi connectivity index (χ1v) is 9.80. The molecule has 27 heavy (non-hydrogen) atoms. The molecule has 1 amide bonds. The van der Waals surface area contributed by atoms with E-state index in [2.05, 4.69) is 62.0 Å². The van der Waals surface area contributed by atoms with Gasteiger partial charge in [-0.25, -0.2) is 0 Å². The normalized spacial score (nSPS) is 20.6. The van der Waals surface area contributed by atoms with Crippen LogP contribution in [0, 0.1) is 18.3 Å². The first-order valence-electron chi connectivity index (χ1n) is 9.80. The van der Waals surface area contributed by atoms with Crippen LogP contribution in [0.1, 0.15) is 47.8 Å². The van der Waals surface area contributed by atoms with Gasteiger partial charge >= 0.3 is 0 Å². The number of benzene rings is 2. The maximum atomic E-state index is 12.3. The maximum Gasteiger partial charge on any atom is 0.251 e. The molecule has 0 bridgehead atoms. The Morgan fingerprint density at radius 3 is 2.48 bits per heavy atom. The molecule has 0 radical (unpaired) electrons. The van der Waals surface area contributed by atoms with Crippen molar-refractivity contribution in [3.05, 3.63) is 71.4 Å². The Kier molecular flexibility index (Phi) is 4.33. The topological polar surface area (TPSA) is 34.0 Å². The van der Waals surface area contributed by atoms with Crippen molar-refractivity contribution in [1.82, 2.24) is 9.88 Å². The van der Waals surface area contributed by atoms with Gasteiger partial charge in [-0.2, -0.15) is 0 Å². The summed E-state index contributed by atoms with van der Waals surface area (Å²) in [5.41, 5.74) is 5.17. The standard InChI is InChI=1S/C24H28N2O/c1-16-21(18-12-8-9-13-20(18)26(16)4)22-19(24(22,2)3)14-15-25-23(27)17-10-6-5-7-11-17/h5-13,19,22H,14-15H2,1-4H3,(H,25,27). The lowest BCUT2D eigenvalue weighted by atomic mass is 10.0. The Balaban J connectivity index is 1.49. The van der Waals surface area contributed by atoms with Crippen molar-refractivity contribution in [1.29, 1.82) is 0 Å². The minimum absolute atomic E-state index is 0.0203. The molecular weight excluding hydrogens is 332 g/mol. The van der Waals surface area contributed by atoms with Crippen molar-refractivity contribution in [2.24, 2.45) is 18.4 Å². The van der Waals surface area contributed by atoms with E-state index in [0.717, 1.165) is 18.5 Å². The van der Waals surface area contributed by atoms with Gasteiger partial charge in [0, 0.05) is 35.8 Å². The highest BCUT2D eigenvalue weighted by Crippen LogP contribution is 2.67. The molecule has 2 atom stereocenters. The molecule has 1 saturated carbocycles. The number of fused-ring (bicyclic) bond motifs is 1. The smallest absolute Gasteiger partial charge is 0.251 e. The van der Waals surface area contributed by atoms with E-state index < -0.39 is 0 Å². The Hall–Kier alpha value is -2.55. The highest BCUT2D eigenvalue weighted by Gasteiger charge is 2.58. The van der Waals surface area contributed by atoms with Gasteiger partial charge < -0.3 is 9.88 Å². The number of carbonyl (C=O) groups is 1. The summed E-state index contributed by atoms with van der Waals surface area (Å²) in [6.45, 7) is 7.69. The predicted octanol–water partition coefficient (Wildman–Crippen LogP) is 5.05. The average Bonchev–Trinajstić information content (AvgIpc) is 3.11. The SMILES string of the molecule is Cc1c(C2C(CCNC(=O)c3ccccc3)C2(C)C)c2ccccc2n1C. The first-order chi connectivity index (χ1) is 12.9. The van der Waals surface area contributed by atoms with E-state index in [9.17, 15) is 4.79 Å². The van der Waals surface area contributed by atoms with E-state index in [1.807, 2.05) is 30.3 Å². The average molecular weight is 361 g/mol. The zero-order valence-corrected chi connectivity index (χ0v) is 16.6. The van der Waals surface area contributed by atoms with Crippen molar-refractivity contribution >= 4 is 16.8 Å². The zero-order chi connectivity index (χ0) is 19.2. The largest absolute Gasteiger partial charge is 0.352 e. The van der Waals surface area contributed by atoms with Crippen LogP contribution in [0.2, 0.25) is 0 Å². The molecule has 1 N–H and O–H groups in total. The predicted molar refractivity (Wildman–Crippen MR) is 111 cm³/mol. The number of aryl methyl sites for hydroxylation is 1. The van der Waals surface area contributed by atoms with Gasteiger partial charge in [-0.15, -0.1) is 0 Å². The van der Waals surface area contributed by atoms with Crippen LogP contribution in [-0.2, 0) is 7.05 Å². The molecule has 3 aromatic rings. The molecule has 0 spiro atoms. The minimum atomic E-state index is 0.0203. The molecule has 2 unspecified atom stereocenters. The van der Waals surface area contributed by atoms with Crippen molar-refractivity contribution in [3.8, 4) is 0 Å². The number of para-hydroxylation sites is 1. The summed E-state index contributed by atoms with van der Waals surface area (Å²) < 4.78 is 2.31. The fraction of sp³-hybridized carbons (Fsp3) is 0.375. The van der Waals surface area contributed by atoms with Crippen molar-refractivity contribution in [2.45, 2.75) is 33.1 Å². The van der Waals surface area contributed by atoms with Crippen LogP contribution in [0.4, 0.5) is 0 Å². The number of rotatable bonds is 5. The van der Waals surface area contributed by atoms with Gasteiger partial charge in [0.1, 0.15) is 0 Å². The van der Waals surface area contributed by atoms with Crippen LogP contribution < -0.4 is 5.32 Å². The number of hydrogen-bond acceptors (Lipinski definition) is 1. The maximum absolute atomic E-state index is 12.3.